The van der Waals surface area contributed by atoms with Crippen LogP contribution in [0, 0.1) is 6.92 Å². The van der Waals surface area contributed by atoms with Crippen LogP contribution in [-0.4, -0.2) is 51.6 Å². The van der Waals surface area contributed by atoms with Crippen molar-refractivity contribution in [2.75, 3.05) is 12.4 Å². The van der Waals surface area contributed by atoms with Crippen molar-refractivity contribution in [2.45, 2.75) is 62.5 Å². The number of carbonyl (C=O) groups excluding carboxylic acids is 1. The Morgan fingerprint density at radius 2 is 1.90 bits per heavy atom. The Bertz CT molecular complexity index is 2060. The van der Waals surface area contributed by atoms with Crippen molar-refractivity contribution in [3.05, 3.63) is 131 Å². The second-order valence-corrected chi connectivity index (χ2v) is 15.2. The molecule has 4 N–H and O–H groups in total. The highest BCUT2D eigenvalue weighted by atomic mass is 32.2. The van der Waals surface area contributed by atoms with Gasteiger partial charge in [-0.1, -0.05) is 79.0 Å². The average Bonchev–Trinajstić information content (AvgIpc) is 3.74. The summed E-state index contributed by atoms with van der Waals surface area (Å²) < 4.78 is 9.03. The number of hydrogen-bond donors (Lipinski definition) is 3. The lowest BCUT2D eigenvalue weighted by Crippen LogP contribution is -2.54. The van der Waals surface area contributed by atoms with E-state index in [1.165, 1.54) is 0 Å². The first-order chi connectivity index (χ1) is 24.0. The van der Waals surface area contributed by atoms with Crippen molar-refractivity contribution in [2.24, 2.45) is 15.9 Å². The van der Waals surface area contributed by atoms with Crippen LogP contribution in [0.4, 0.5) is 10.5 Å². The van der Waals surface area contributed by atoms with E-state index in [0.717, 1.165) is 50.2 Å². The topological polar surface area (TPSA) is 127 Å². The van der Waals surface area contributed by atoms with E-state index in [1.54, 1.807) is 18.1 Å². The van der Waals surface area contributed by atoms with Gasteiger partial charge in [0.2, 0.25) is 6.34 Å². The van der Waals surface area contributed by atoms with Crippen molar-refractivity contribution < 1.29 is 14.6 Å². The monoisotopic (exact) mass is 688 g/mol. The second-order valence-electron chi connectivity index (χ2n) is 14.0. The van der Waals surface area contributed by atoms with Crippen LogP contribution < -0.4 is 15.5 Å². The Hall–Kier alpha value is -4.97. The molecule has 1 aromatic heterocycles. The van der Waals surface area contributed by atoms with Gasteiger partial charge in [0.25, 0.3) is 5.84 Å². The number of nitrogens with two attached hydrogens (primary N) is 1. The molecule has 0 saturated carbocycles. The quantitative estimate of drug-likeness (QED) is 0.135. The van der Waals surface area contributed by atoms with Crippen LogP contribution >= 0.6 is 11.8 Å². The van der Waals surface area contributed by atoms with Gasteiger partial charge in [-0.3, -0.25) is 0 Å². The Kier molecular flexibility index (Phi) is 8.75. The summed E-state index contributed by atoms with van der Waals surface area (Å²) in [6, 6.07) is 26.0. The highest BCUT2D eigenvalue weighted by molar-refractivity contribution is 7.99. The fourth-order valence-electron chi connectivity index (χ4n) is 7.00. The molecule has 3 heterocycles. The molecule has 0 radical (unpaired) electrons. The van der Waals surface area contributed by atoms with E-state index in [-0.39, 0.29) is 22.6 Å². The van der Waals surface area contributed by atoms with Gasteiger partial charge < -0.3 is 20.9 Å². The maximum absolute atomic E-state index is 13.0. The lowest BCUT2D eigenvalue weighted by atomic mass is 9.72. The largest absolute Gasteiger partial charge is 0.484 e. The van der Waals surface area contributed by atoms with Crippen molar-refractivity contribution in [1.29, 1.82) is 0 Å². The molecular formula is C39H42N7O3S+. The Balaban J connectivity index is 1.33. The number of carbonyl (C=O) groups is 1. The highest BCUT2D eigenvalue weighted by Crippen LogP contribution is 2.44. The van der Waals surface area contributed by atoms with Gasteiger partial charge in [-0.2, -0.15) is 9.58 Å². The SMILES string of the molecule is Cc1ccc(-n2nc(C(C)(C)C)cc2[C@]2(NC(N)=O)CC(OC3=C[N@@+]4(c5cccc(SCCO)c5)C=NN=C4C=C3)Cc3ccccc32)cc1. The number of amidine groups is 1. The number of rotatable bonds is 9. The second kappa shape index (κ2) is 13.1. The van der Waals surface area contributed by atoms with E-state index in [9.17, 15) is 9.90 Å². The van der Waals surface area contributed by atoms with Crippen molar-refractivity contribution in [1.82, 2.24) is 19.6 Å². The number of primary amides is 1. The van der Waals surface area contributed by atoms with Gasteiger partial charge in [0.1, 0.15) is 11.6 Å². The molecule has 4 aromatic rings. The number of nitrogens with zero attached hydrogens (tertiary/aromatic N) is 5. The molecule has 0 spiro atoms. The van der Waals surface area contributed by atoms with Crippen LogP contribution in [0.3, 0.4) is 0 Å². The molecule has 1 aliphatic carbocycles. The van der Waals surface area contributed by atoms with Crippen LogP contribution in [0.25, 0.3) is 5.69 Å². The van der Waals surface area contributed by atoms with E-state index in [0.29, 0.717) is 24.4 Å². The summed E-state index contributed by atoms with van der Waals surface area (Å²) in [4.78, 5) is 14.1. The maximum Gasteiger partial charge on any atom is 0.313 e. The number of hydrogen-bond acceptors (Lipinski definition) is 7. The number of benzene rings is 3. The first kappa shape index (κ1) is 33.5. The van der Waals surface area contributed by atoms with E-state index in [1.807, 2.05) is 65.5 Å². The highest BCUT2D eigenvalue weighted by Gasteiger charge is 2.48. The fraction of sp³-hybridized carbons (Fsp3) is 0.282. The molecule has 3 aliphatic rings. The Morgan fingerprint density at radius 1 is 1.10 bits per heavy atom. The fourth-order valence-corrected chi connectivity index (χ4v) is 7.70. The predicted octanol–water partition coefficient (Wildman–Crippen LogP) is 6.58. The summed E-state index contributed by atoms with van der Waals surface area (Å²) in [5.74, 6) is 2.01. The molecule has 0 bridgehead atoms. The summed E-state index contributed by atoms with van der Waals surface area (Å²) in [5, 5.41) is 26.5. The van der Waals surface area contributed by atoms with Gasteiger partial charge in [0.05, 0.1) is 23.7 Å². The first-order valence-corrected chi connectivity index (χ1v) is 17.8. The van der Waals surface area contributed by atoms with Gasteiger partial charge in [-0.15, -0.1) is 11.8 Å². The van der Waals surface area contributed by atoms with Crippen LogP contribution in [0.1, 0.15) is 55.3 Å². The summed E-state index contributed by atoms with van der Waals surface area (Å²) in [6.07, 6.45) is 8.34. The molecule has 3 atom stereocenters. The molecule has 1 unspecified atom stereocenters. The zero-order chi connectivity index (χ0) is 35.1. The summed E-state index contributed by atoms with van der Waals surface area (Å²) in [7, 11) is 0. The number of aryl methyl sites for hydroxylation is 1. The molecule has 7 rings (SSSR count). The number of urea groups is 1. The number of aromatic nitrogens is 2. The normalized spacial score (nSPS) is 22.4. The van der Waals surface area contributed by atoms with Gasteiger partial charge in [-0.05, 0) is 48.4 Å². The van der Waals surface area contributed by atoms with Crippen LogP contribution in [0.5, 0.6) is 0 Å². The van der Waals surface area contributed by atoms with E-state index < -0.39 is 11.6 Å². The number of nitrogens with one attached hydrogen (secondary N) is 1. The third-order valence-electron chi connectivity index (χ3n) is 9.40. The lowest BCUT2D eigenvalue weighted by Gasteiger charge is -2.43. The number of ether oxygens (including phenoxy) is 1. The van der Waals surface area contributed by atoms with Gasteiger partial charge in [0.15, 0.2) is 17.6 Å². The minimum absolute atomic E-state index is 0.101. The molecule has 2 amide bonds. The van der Waals surface area contributed by atoms with E-state index >= 15 is 0 Å². The molecule has 50 heavy (non-hydrogen) atoms. The smallest absolute Gasteiger partial charge is 0.313 e. The zero-order valence-corrected chi connectivity index (χ0v) is 29.5. The van der Waals surface area contributed by atoms with Gasteiger partial charge >= 0.3 is 6.03 Å². The molecule has 256 valence electrons. The number of quaternary nitrogens is 1. The number of fused-ring (bicyclic) bond motifs is 2. The molecule has 10 nitrogen and oxygen atoms in total. The number of thioether (sulfide) groups is 1. The number of aliphatic hydroxyl groups excluding tert-OH is 1. The predicted molar refractivity (Wildman–Crippen MR) is 199 cm³/mol. The zero-order valence-electron chi connectivity index (χ0n) is 28.7. The number of amides is 2. The Morgan fingerprint density at radius 3 is 2.66 bits per heavy atom. The van der Waals surface area contributed by atoms with E-state index in [2.05, 4.69) is 79.6 Å². The average molecular weight is 689 g/mol. The summed E-state index contributed by atoms with van der Waals surface area (Å²) in [5.41, 5.74) is 11.4. The van der Waals surface area contributed by atoms with Crippen molar-refractivity contribution in [3.8, 4) is 5.69 Å². The molecule has 3 aromatic carbocycles. The first-order valence-electron chi connectivity index (χ1n) is 16.8. The minimum atomic E-state index is -1.06. The van der Waals surface area contributed by atoms with Crippen LogP contribution in [-0.2, 0) is 22.1 Å². The van der Waals surface area contributed by atoms with Gasteiger partial charge in [0, 0.05) is 47.1 Å². The summed E-state index contributed by atoms with van der Waals surface area (Å²) >= 11 is 1.59. The van der Waals surface area contributed by atoms with Crippen LogP contribution in [0.15, 0.2) is 118 Å². The third-order valence-corrected chi connectivity index (χ3v) is 10.4. The molecule has 0 fully saturated rings. The molecule has 11 heteroatoms. The number of allylic oxidation sites excluding steroid dienone is 1. The Labute approximate surface area is 296 Å². The minimum Gasteiger partial charge on any atom is -0.484 e. The van der Waals surface area contributed by atoms with E-state index in [4.69, 9.17) is 15.6 Å². The molecule has 0 saturated heterocycles. The van der Waals surface area contributed by atoms with Crippen LogP contribution in [0.2, 0.25) is 0 Å². The third kappa shape index (κ3) is 6.17. The maximum atomic E-state index is 13.0. The molecule has 2 aliphatic heterocycles. The number of aliphatic hydroxyl groups is 1. The lowest BCUT2D eigenvalue weighted by molar-refractivity contribution is 0.0809. The van der Waals surface area contributed by atoms with Gasteiger partial charge in [-0.25, -0.2) is 9.48 Å². The molecular weight excluding hydrogens is 647 g/mol. The van der Waals surface area contributed by atoms with Crippen molar-refractivity contribution >= 4 is 35.7 Å². The van der Waals surface area contributed by atoms with Crippen molar-refractivity contribution in [3.63, 3.8) is 0 Å². The summed E-state index contributed by atoms with van der Waals surface area (Å²) in [6.45, 7) is 8.56. The standard InChI is InChI=1S/C39H41N7O3S/c1-26-12-14-28(15-13-26)45-35(22-34(44-45)38(2,3)4)39(42-37(40)48)23-31(20-27-8-5-6-11-33(27)39)49-30-16-17-36-43-41-25-46(36,24-30)29-9-7-10-32(21-29)50-19-18-47/h5-17,21-22,24-25,31,47H,18-20,23H2,1-4H3,(H2-,40,42,48)/p+1/t31?,39-,46-/m0/s1.